The zero-order chi connectivity index (χ0) is 11.7. The minimum absolute atomic E-state index is 0.775. The fraction of sp³-hybridized carbons (Fsp3) is 0.769. The third-order valence-corrected chi connectivity index (χ3v) is 3.72. The van der Waals surface area contributed by atoms with E-state index in [2.05, 4.69) is 37.8 Å². The molecule has 3 heteroatoms. The lowest BCUT2D eigenvalue weighted by molar-refractivity contribution is 0.355. The van der Waals surface area contributed by atoms with Crippen molar-refractivity contribution in [2.24, 2.45) is 11.8 Å². The Morgan fingerprint density at radius 2 is 1.94 bits per heavy atom. The number of nitrogens with zero attached hydrogens (tertiary/aromatic N) is 2. The largest absolute Gasteiger partial charge is 0.346 e. The highest BCUT2D eigenvalue weighted by molar-refractivity contribution is 5.19. The number of aromatic amines is 1. The highest BCUT2D eigenvalue weighted by Crippen LogP contribution is 2.28. The summed E-state index contributed by atoms with van der Waals surface area (Å²) in [5.41, 5.74) is 2.71. The summed E-state index contributed by atoms with van der Waals surface area (Å²) in [6, 6.07) is 0. The Morgan fingerprint density at radius 3 is 2.62 bits per heavy atom. The molecule has 0 saturated heterocycles. The summed E-state index contributed by atoms with van der Waals surface area (Å²) in [5.74, 6) is 2.73. The van der Waals surface area contributed by atoms with E-state index in [0.717, 1.165) is 31.2 Å². The van der Waals surface area contributed by atoms with Gasteiger partial charge in [-0.25, -0.2) is 4.98 Å². The summed E-state index contributed by atoms with van der Waals surface area (Å²) in [5, 5.41) is 0. The second-order valence-corrected chi connectivity index (χ2v) is 5.52. The van der Waals surface area contributed by atoms with E-state index in [0.29, 0.717) is 0 Å². The van der Waals surface area contributed by atoms with Crippen LogP contribution in [-0.2, 0) is 19.3 Å². The van der Waals surface area contributed by atoms with Crippen molar-refractivity contribution in [3.8, 4) is 0 Å². The number of rotatable bonds is 3. The van der Waals surface area contributed by atoms with E-state index in [-0.39, 0.29) is 0 Å². The second kappa shape index (κ2) is 4.58. The van der Waals surface area contributed by atoms with Gasteiger partial charge in [-0.3, -0.25) is 0 Å². The quantitative estimate of drug-likeness (QED) is 0.845. The minimum Gasteiger partial charge on any atom is -0.346 e. The van der Waals surface area contributed by atoms with Crippen LogP contribution in [0.4, 0.5) is 0 Å². The van der Waals surface area contributed by atoms with Crippen molar-refractivity contribution in [1.82, 2.24) is 14.9 Å². The summed E-state index contributed by atoms with van der Waals surface area (Å²) >= 11 is 0. The fourth-order valence-electron chi connectivity index (χ4n) is 2.32. The molecular formula is C13H23N3. The smallest absolute Gasteiger partial charge is 0.107 e. The molecule has 2 atom stereocenters. The molecule has 1 aromatic rings. The molecule has 90 valence electrons. The average Bonchev–Trinajstić information content (AvgIpc) is 2.58. The van der Waals surface area contributed by atoms with E-state index in [9.17, 15) is 0 Å². The molecule has 0 spiro atoms. The van der Waals surface area contributed by atoms with Crippen LogP contribution < -0.4 is 0 Å². The monoisotopic (exact) mass is 221 g/mol. The Morgan fingerprint density at radius 1 is 1.25 bits per heavy atom. The molecule has 0 fully saturated rings. The second-order valence-electron chi connectivity index (χ2n) is 5.52. The van der Waals surface area contributed by atoms with Gasteiger partial charge in [-0.1, -0.05) is 13.8 Å². The first-order valence-corrected chi connectivity index (χ1v) is 6.27. The Labute approximate surface area is 98.3 Å². The number of nitrogens with one attached hydrogen (secondary N) is 1. The van der Waals surface area contributed by atoms with Crippen molar-refractivity contribution in [3.05, 3.63) is 17.2 Å². The van der Waals surface area contributed by atoms with Gasteiger partial charge in [0.2, 0.25) is 0 Å². The lowest BCUT2D eigenvalue weighted by Crippen LogP contribution is -2.20. The summed E-state index contributed by atoms with van der Waals surface area (Å²) in [6.07, 6.45) is 3.35. The molecule has 3 nitrogen and oxygen atoms in total. The molecule has 1 aliphatic rings. The zero-order valence-corrected chi connectivity index (χ0v) is 10.9. The molecule has 16 heavy (non-hydrogen) atoms. The third kappa shape index (κ3) is 2.46. The van der Waals surface area contributed by atoms with Gasteiger partial charge in [-0.15, -0.1) is 0 Å². The van der Waals surface area contributed by atoms with Crippen LogP contribution in [0.5, 0.6) is 0 Å². The Balaban J connectivity index is 2.06. The Hall–Kier alpha value is -0.830. The van der Waals surface area contributed by atoms with E-state index < -0.39 is 0 Å². The van der Waals surface area contributed by atoms with Gasteiger partial charge < -0.3 is 9.88 Å². The highest BCUT2D eigenvalue weighted by Gasteiger charge is 2.24. The van der Waals surface area contributed by atoms with Crippen LogP contribution in [0.1, 0.15) is 31.1 Å². The average molecular weight is 221 g/mol. The predicted octanol–water partition coefficient (Wildman–Crippen LogP) is 1.88. The van der Waals surface area contributed by atoms with Gasteiger partial charge in [0.25, 0.3) is 0 Å². The molecule has 2 rings (SSSR count). The number of likely N-dealkylation sites (N-methyl/N-ethyl adjacent to an activating group) is 1. The van der Waals surface area contributed by atoms with Crippen LogP contribution >= 0.6 is 0 Å². The minimum atomic E-state index is 0.775. The van der Waals surface area contributed by atoms with Gasteiger partial charge >= 0.3 is 0 Å². The summed E-state index contributed by atoms with van der Waals surface area (Å²) < 4.78 is 0. The maximum atomic E-state index is 4.73. The van der Waals surface area contributed by atoms with Gasteiger partial charge in [0, 0.05) is 18.7 Å². The molecule has 0 aliphatic heterocycles. The van der Waals surface area contributed by atoms with Crippen molar-refractivity contribution in [2.75, 3.05) is 20.6 Å². The van der Waals surface area contributed by atoms with E-state index >= 15 is 0 Å². The van der Waals surface area contributed by atoms with Crippen LogP contribution in [-0.4, -0.2) is 35.5 Å². The fourth-order valence-corrected chi connectivity index (χ4v) is 2.32. The van der Waals surface area contributed by atoms with Crippen molar-refractivity contribution >= 4 is 0 Å². The number of hydrogen-bond donors (Lipinski definition) is 1. The summed E-state index contributed by atoms with van der Waals surface area (Å²) in [4.78, 5) is 10.4. The Bertz CT molecular complexity index is 327. The zero-order valence-electron chi connectivity index (χ0n) is 10.9. The number of H-pyrrole nitrogens is 1. The summed E-state index contributed by atoms with van der Waals surface area (Å²) in [7, 11) is 4.21. The normalized spacial score (nSPS) is 24.8. The summed E-state index contributed by atoms with van der Waals surface area (Å²) in [6.45, 7) is 5.74. The Kier molecular flexibility index (Phi) is 3.33. The maximum absolute atomic E-state index is 4.73. The van der Waals surface area contributed by atoms with Crippen molar-refractivity contribution in [1.29, 1.82) is 0 Å². The van der Waals surface area contributed by atoms with Crippen LogP contribution in [0.15, 0.2) is 0 Å². The molecule has 1 N–H and O–H groups in total. The first kappa shape index (κ1) is 11.6. The SMILES string of the molecule is CC1Cc2nc(CCN(C)C)[nH]c2CC1C. The van der Waals surface area contributed by atoms with Crippen molar-refractivity contribution in [3.63, 3.8) is 0 Å². The lowest BCUT2D eigenvalue weighted by atomic mass is 9.82. The van der Waals surface area contributed by atoms with Crippen molar-refractivity contribution in [2.45, 2.75) is 33.1 Å². The molecule has 1 aliphatic carbocycles. The standard InChI is InChI=1S/C13H23N3/c1-9-7-11-12(8-10(9)2)15-13(14-11)5-6-16(3)4/h9-10H,5-8H2,1-4H3,(H,14,15). The molecule has 0 bridgehead atoms. The maximum Gasteiger partial charge on any atom is 0.107 e. The van der Waals surface area contributed by atoms with Gasteiger partial charge in [0.15, 0.2) is 0 Å². The van der Waals surface area contributed by atoms with Crippen LogP contribution in [0.3, 0.4) is 0 Å². The van der Waals surface area contributed by atoms with E-state index in [1.807, 2.05) is 0 Å². The first-order chi connectivity index (χ1) is 7.56. The molecule has 1 aromatic heterocycles. The van der Waals surface area contributed by atoms with Gasteiger partial charge in [0.05, 0.1) is 5.69 Å². The molecule has 2 unspecified atom stereocenters. The van der Waals surface area contributed by atoms with Crippen LogP contribution in [0.2, 0.25) is 0 Å². The lowest BCUT2D eigenvalue weighted by Gasteiger charge is -2.24. The van der Waals surface area contributed by atoms with Crippen LogP contribution in [0.25, 0.3) is 0 Å². The van der Waals surface area contributed by atoms with E-state index in [1.54, 1.807) is 0 Å². The van der Waals surface area contributed by atoms with Gasteiger partial charge in [0.1, 0.15) is 5.82 Å². The van der Waals surface area contributed by atoms with Crippen LogP contribution in [0, 0.1) is 11.8 Å². The van der Waals surface area contributed by atoms with E-state index in [4.69, 9.17) is 4.98 Å². The molecule has 0 aromatic carbocycles. The first-order valence-electron chi connectivity index (χ1n) is 6.27. The molecule has 0 amide bonds. The van der Waals surface area contributed by atoms with Gasteiger partial charge in [-0.05, 0) is 38.8 Å². The molecule has 0 radical (unpaired) electrons. The number of hydrogen-bond acceptors (Lipinski definition) is 2. The molecule has 0 saturated carbocycles. The third-order valence-electron chi connectivity index (χ3n) is 3.72. The highest BCUT2D eigenvalue weighted by atomic mass is 15.1. The number of aromatic nitrogens is 2. The molecular weight excluding hydrogens is 198 g/mol. The number of imidazole rings is 1. The topological polar surface area (TPSA) is 31.9 Å². The van der Waals surface area contributed by atoms with Crippen molar-refractivity contribution < 1.29 is 0 Å². The predicted molar refractivity (Wildman–Crippen MR) is 66.6 cm³/mol. The van der Waals surface area contributed by atoms with E-state index in [1.165, 1.54) is 23.6 Å². The molecule has 1 heterocycles. The number of fused-ring (bicyclic) bond motifs is 1. The van der Waals surface area contributed by atoms with Gasteiger partial charge in [-0.2, -0.15) is 0 Å².